The Morgan fingerprint density at radius 1 is 0.830 bits per heavy atom. The van der Waals surface area contributed by atoms with E-state index in [2.05, 4.69) is 79.7 Å². The number of carbonyl (C=O) groups excluding carboxylic acids is 5. The van der Waals surface area contributed by atoms with Crippen molar-refractivity contribution in [2.45, 2.75) is 20.3 Å². The van der Waals surface area contributed by atoms with E-state index in [1.165, 1.54) is 35.6 Å². The minimum absolute atomic E-state index is 0.0182. The third kappa shape index (κ3) is 7.76. The zero-order valence-corrected chi connectivity index (χ0v) is 27.0. The van der Waals surface area contributed by atoms with Crippen LogP contribution < -0.4 is 32.3 Å². The summed E-state index contributed by atoms with van der Waals surface area (Å²) in [5, 5.41) is 41.5. The fourth-order valence-electron chi connectivity index (χ4n) is 4.07. The maximum absolute atomic E-state index is 13.0. The molecule has 0 spiro atoms. The summed E-state index contributed by atoms with van der Waals surface area (Å²) in [6.45, 7) is 6.78. The molecule has 4 aromatic rings. The van der Waals surface area contributed by atoms with Crippen molar-refractivity contribution in [2.24, 2.45) is 19.8 Å². The topological polar surface area (TPSA) is 288 Å². The van der Waals surface area contributed by atoms with Gasteiger partial charge in [-0.25, -0.2) is 0 Å². The molecule has 4 heterocycles. The maximum atomic E-state index is 13.0. The predicted molar refractivity (Wildman–Crippen MR) is 172 cm³/mol. The van der Waals surface area contributed by atoms with E-state index in [4.69, 9.17) is 11.1 Å². The van der Waals surface area contributed by atoms with Crippen LogP contribution in [0.2, 0.25) is 0 Å². The van der Waals surface area contributed by atoms with Crippen LogP contribution in [0.3, 0.4) is 0 Å². The zero-order chi connectivity index (χ0) is 34.6. The number of aryl methyl sites for hydroxylation is 2. The molecule has 0 saturated carbocycles. The zero-order valence-electron chi connectivity index (χ0n) is 25.5. The lowest BCUT2D eigenvalue weighted by Gasteiger charge is -2.04. The molecule has 47 heavy (non-hydrogen) atoms. The standard InChI is InChI=1S/C26H30BrN15O5/c1-10-18(35-38-21(10)34-26(47)19-11(2)20(37-36-19)33-22(43)12(3)27)25(46)32-17-9-14(42(5)40-17)24(45)31-16-8-13(41(4)39-16)23(44)30-7-6-15(28)29/h8-9H,3,6-7H2,1-2,4-5H3,(H3,28,29)(H,30,44)(H,31,39,45)(H,32,40,46)(H2,33,36,37,43)(H2,34,35,38,47). The summed E-state index contributed by atoms with van der Waals surface area (Å²) in [6, 6.07) is 2.71. The number of aromatic amines is 2. The van der Waals surface area contributed by atoms with Crippen LogP contribution in [-0.2, 0) is 18.9 Å². The lowest BCUT2D eigenvalue weighted by atomic mass is 10.2. The summed E-state index contributed by atoms with van der Waals surface area (Å²) >= 11 is 2.97. The Hall–Kier alpha value is -6.12. The van der Waals surface area contributed by atoms with Gasteiger partial charge in [0, 0.05) is 50.3 Å². The second kappa shape index (κ2) is 13.9. The Morgan fingerprint density at radius 3 is 1.81 bits per heavy atom. The third-order valence-electron chi connectivity index (χ3n) is 6.57. The minimum Gasteiger partial charge on any atom is -0.388 e. The fourth-order valence-corrected chi connectivity index (χ4v) is 4.17. The SMILES string of the molecule is C=C(Br)C(=O)Nc1n[nH]c(C(=O)Nc2n[nH]c(C(=O)Nc3cc(C(=O)Nc4cc(C(=O)NCCC(=N)N)n(C)n4)n(C)n3)c2C)c1C. The normalized spacial score (nSPS) is 10.7. The van der Waals surface area contributed by atoms with Crippen molar-refractivity contribution in [1.29, 1.82) is 5.41 Å². The molecule has 0 atom stereocenters. The summed E-state index contributed by atoms with van der Waals surface area (Å²) in [5.74, 6) is -2.59. The van der Waals surface area contributed by atoms with E-state index in [1.54, 1.807) is 13.8 Å². The number of amides is 5. The van der Waals surface area contributed by atoms with Crippen molar-refractivity contribution < 1.29 is 24.0 Å². The summed E-state index contributed by atoms with van der Waals surface area (Å²) in [4.78, 5) is 63.1. The number of H-pyrrole nitrogens is 2. The first-order valence-corrected chi connectivity index (χ1v) is 14.3. The Labute approximate surface area is 273 Å². The number of carbonyl (C=O) groups is 5. The van der Waals surface area contributed by atoms with E-state index in [0.717, 1.165) is 0 Å². The highest BCUT2D eigenvalue weighted by Gasteiger charge is 2.23. The van der Waals surface area contributed by atoms with Gasteiger partial charge in [-0.1, -0.05) is 6.58 Å². The molecule has 0 unspecified atom stereocenters. The minimum atomic E-state index is -0.650. The number of hydrogen-bond acceptors (Lipinski definition) is 10. The number of hydrogen-bond donors (Lipinski definition) is 9. The van der Waals surface area contributed by atoms with Crippen LogP contribution in [-0.4, -0.2) is 81.9 Å². The van der Waals surface area contributed by atoms with Crippen LogP contribution in [0, 0.1) is 19.3 Å². The lowest BCUT2D eigenvalue weighted by Crippen LogP contribution is -2.29. The van der Waals surface area contributed by atoms with Gasteiger partial charge in [0.25, 0.3) is 29.5 Å². The van der Waals surface area contributed by atoms with Gasteiger partial charge in [0.05, 0.1) is 10.3 Å². The quantitative estimate of drug-likeness (QED) is 0.0568. The first-order chi connectivity index (χ1) is 22.2. The van der Waals surface area contributed by atoms with Crippen LogP contribution >= 0.6 is 15.9 Å². The van der Waals surface area contributed by atoms with Crippen LogP contribution in [0.15, 0.2) is 23.2 Å². The molecule has 0 aliphatic carbocycles. The number of anilines is 4. The number of nitrogens with one attached hydrogen (secondary N) is 8. The van der Waals surface area contributed by atoms with Crippen molar-refractivity contribution in [1.82, 2.24) is 45.3 Å². The molecule has 246 valence electrons. The van der Waals surface area contributed by atoms with Gasteiger partial charge in [-0.2, -0.15) is 20.4 Å². The van der Waals surface area contributed by atoms with Gasteiger partial charge < -0.3 is 32.3 Å². The predicted octanol–water partition coefficient (Wildman–Crippen LogP) is 0.877. The molecule has 0 aromatic carbocycles. The van der Waals surface area contributed by atoms with Crippen LogP contribution in [0.4, 0.5) is 23.3 Å². The van der Waals surface area contributed by atoms with Gasteiger partial charge in [-0.15, -0.1) is 0 Å². The summed E-state index contributed by atoms with van der Waals surface area (Å²) < 4.78 is 2.61. The monoisotopic (exact) mass is 711 g/mol. The van der Waals surface area contributed by atoms with Gasteiger partial charge in [0.15, 0.2) is 23.3 Å². The van der Waals surface area contributed by atoms with Crippen molar-refractivity contribution in [2.75, 3.05) is 27.8 Å². The second-order valence-electron chi connectivity index (χ2n) is 9.97. The summed E-state index contributed by atoms with van der Waals surface area (Å²) in [5.41, 5.74) is 6.28. The highest BCUT2D eigenvalue weighted by molar-refractivity contribution is 9.12. The van der Waals surface area contributed by atoms with E-state index in [1.807, 2.05) is 0 Å². The molecule has 0 fully saturated rings. The van der Waals surface area contributed by atoms with Gasteiger partial charge in [-0.05, 0) is 29.8 Å². The largest absolute Gasteiger partial charge is 0.388 e. The smallest absolute Gasteiger partial charge is 0.275 e. The molecular formula is C26H30BrN15O5. The number of amidine groups is 1. The Kier molecular flexibility index (Phi) is 9.98. The van der Waals surface area contributed by atoms with Crippen molar-refractivity contribution >= 4 is 74.6 Å². The van der Waals surface area contributed by atoms with E-state index in [9.17, 15) is 24.0 Å². The third-order valence-corrected chi connectivity index (χ3v) is 6.93. The summed E-state index contributed by atoms with van der Waals surface area (Å²) in [7, 11) is 3.03. The highest BCUT2D eigenvalue weighted by Crippen LogP contribution is 2.21. The Balaban J connectivity index is 1.39. The fraction of sp³-hybridized carbons (Fsp3) is 0.231. The number of nitrogens with zero attached hydrogens (tertiary/aromatic N) is 6. The van der Waals surface area contributed by atoms with E-state index < -0.39 is 29.5 Å². The molecule has 10 N–H and O–H groups in total. The highest BCUT2D eigenvalue weighted by atomic mass is 79.9. The number of rotatable bonds is 12. The van der Waals surface area contributed by atoms with Gasteiger partial charge in [-0.3, -0.25) is 48.9 Å². The van der Waals surface area contributed by atoms with Crippen LogP contribution in [0.1, 0.15) is 59.5 Å². The van der Waals surface area contributed by atoms with E-state index >= 15 is 0 Å². The molecule has 5 amide bonds. The van der Waals surface area contributed by atoms with Crippen LogP contribution in [0.25, 0.3) is 0 Å². The second-order valence-corrected chi connectivity index (χ2v) is 10.9. The summed E-state index contributed by atoms with van der Waals surface area (Å²) in [6.07, 6.45) is 0.190. The molecule has 0 radical (unpaired) electrons. The molecule has 21 heteroatoms. The van der Waals surface area contributed by atoms with E-state index in [-0.39, 0.29) is 69.3 Å². The van der Waals surface area contributed by atoms with Crippen molar-refractivity contribution in [3.8, 4) is 0 Å². The van der Waals surface area contributed by atoms with E-state index in [0.29, 0.717) is 11.1 Å². The molecule has 0 bridgehead atoms. The molecule has 4 aromatic heterocycles. The molecule has 0 aliphatic heterocycles. The van der Waals surface area contributed by atoms with Crippen LogP contribution in [0.5, 0.6) is 0 Å². The Bertz CT molecular complexity index is 1930. The molecule has 20 nitrogen and oxygen atoms in total. The molecule has 4 rings (SSSR count). The average molecular weight is 713 g/mol. The maximum Gasteiger partial charge on any atom is 0.275 e. The van der Waals surface area contributed by atoms with Gasteiger partial charge in [0.1, 0.15) is 22.8 Å². The Morgan fingerprint density at radius 2 is 1.30 bits per heavy atom. The molecule has 0 saturated heterocycles. The number of nitrogens with two attached hydrogens (primary N) is 1. The molecule has 0 aliphatic rings. The molecular weight excluding hydrogens is 682 g/mol. The van der Waals surface area contributed by atoms with Crippen molar-refractivity contribution in [3.63, 3.8) is 0 Å². The number of halogens is 1. The lowest BCUT2D eigenvalue weighted by molar-refractivity contribution is -0.112. The van der Waals surface area contributed by atoms with Crippen molar-refractivity contribution in [3.05, 3.63) is 57.1 Å². The van der Waals surface area contributed by atoms with Gasteiger partial charge in [0.2, 0.25) is 0 Å². The first kappa shape index (κ1) is 33.8. The number of aromatic nitrogens is 8. The van der Waals surface area contributed by atoms with Gasteiger partial charge >= 0.3 is 0 Å². The first-order valence-electron chi connectivity index (χ1n) is 13.5. The average Bonchev–Trinajstić information content (AvgIpc) is 3.75.